The second-order valence-electron chi connectivity index (χ2n) is 2.84. The van der Waals surface area contributed by atoms with Crippen LogP contribution in [0.4, 0.5) is 0 Å². The molecule has 0 fully saturated rings. The molecule has 0 aromatic rings. The summed E-state index contributed by atoms with van der Waals surface area (Å²) in [7, 11) is 0. The molecule has 0 heterocycles. The minimum Gasteiger partial charge on any atom is -0.236 e. The third-order valence-corrected chi connectivity index (χ3v) is 1.56. The van der Waals surface area contributed by atoms with E-state index in [4.69, 9.17) is 0 Å². The number of hydrogen-bond acceptors (Lipinski definition) is 0. The number of allylic oxidation sites excluding steroid dienone is 5. The van der Waals surface area contributed by atoms with Crippen LogP contribution in [0.25, 0.3) is 0 Å². The van der Waals surface area contributed by atoms with Crippen LogP contribution in [0, 0.1) is 0 Å². The molecule has 0 amide bonds. The summed E-state index contributed by atoms with van der Waals surface area (Å²) in [6.07, 6.45) is 16.3. The second-order valence-corrected chi connectivity index (χ2v) is 2.84. The maximum absolute atomic E-state index is 10.1. The van der Waals surface area contributed by atoms with E-state index in [1.54, 1.807) is 0 Å². The molecule has 0 bridgehead atoms. The summed E-state index contributed by atoms with van der Waals surface area (Å²) in [5, 5.41) is 10.1. The molecule has 0 spiro atoms. The van der Waals surface area contributed by atoms with Gasteiger partial charge >= 0.3 is 0 Å². The van der Waals surface area contributed by atoms with Crippen molar-refractivity contribution in [2.75, 3.05) is 6.61 Å². The molecular weight excluding hydrogens is 160 g/mol. The van der Waals surface area contributed by atoms with Crippen LogP contribution < -0.4 is 0 Å². The lowest BCUT2D eigenvalue weighted by atomic mass is 10.3. The molecule has 0 aliphatic carbocycles. The Labute approximate surface area is 81.5 Å². The Kier molecular flexibility index (Phi) is 10.5. The average Bonchev–Trinajstić information content (AvgIpc) is 2.16. The van der Waals surface area contributed by atoms with Gasteiger partial charge in [0.05, 0.1) is 6.61 Å². The van der Waals surface area contributed by atoms with Gasteiger partial charge in [-0.3, -0.25) is 0 Å². The molecule has 0 saturated heterocycles. The summed E-state index contributed by atoms with van der Waals surface area (Å²) in [4.78, 5) is 0. The lowest BCUT2D eigenvalue weighted by Crippen LogP contribution is -1.71. The van der Waals surface area contributed by atoms with E-state index in [2.05, 4.69) is 31.2 Å². The van der Waals surface area contributed by atoms with Crippen LogP contribution in [0.1, 0.15) is 32.6 Å². The Morgan fingerprint density at radius 1 is 0.923 bits per heavy atom. The molecule has 73 valence electrons. The van der Waals surface area contributed by atoms with Gasteiger partial charge in [-0.1, -0.05) is 49.8 Å². The van der Waals surface area contributed by atoms with E-state index in [0.29, 0.717) is 6.42 Å². The zero-order valence-corrected chi connectivity index (χ0v) is 8.41. The first-order valence-electron chi connectivity index (χ1n) is 4.96. The van der Waals surface area contributed by atoms with Gasteiger partial charge in [0, 0.05) is 0 Å². The predicted molar refractivity (Wildman–Crippen MR) is 57.1 cm³/mol. The Balaban J connectivity index is 3.30. The molecule has 0 aromatic heterocycles. The summed E-state index contributed by atoms with van der Waals surface area (Å²) >= 11 is 0. The molecule has 1 nitrogen and oxygen atoms in total. The first-order valence-corrected chi connectivity index (χ1v) is 4.96. The third-order valence-electron chi connectivity index (χ3n) is 1.56. The molecule has 1 heteroatoms. The molecule has 0 aliphatic rings. The van der Waals surface area contributed by atoms with Crippen LogP contribution in [-0.4, -0.2) is 6.61 Å². The van der Waals surface area contributed by atoms with E-state index < -0.39 is 0 Å². The van der Waals surface area contributed by atoms with Crippen LogP contribution in [-0.2, 0) is 5.11 Å². The lowest BCUT2D eigenvalue weighted by molar-refractivity contribution is 0.199. The van der Waals surface area contributed by atoms with Gasteiger partial charge in [-0.25, -0.2) is 5.11 Å². The molecule has 0 atom stereocenters. The quantitative estimate of drug-likeness (QED) is 0.420. The summed E-state index contributed by atoms with van der Waals surface area (Å²) < 4.78 is 0. The van der Waals surface area contributed by atoms with Crippen LogP contribution in [0.2, 0.25) is 0 Å². The van der Waals surface area contributed by atoms with Crippen molar-refractivity contribution >= 4 is 0 Å². The highest BCUT2D eigenvalue weighted by atomic mass is 16.2. The minimum absolute atomic E-state index is 0.00336. The molecule has 1 radical (unpaired) electrons. The Morgan fingerprint density at radius 2 is 1.69 bits per heavy atom. The van der Waals surface area contributed by atoms with Gasteiger partial charge in [0.2, 0.25) is 0 Å². The van der Waals surface area contributed by atoms with E-state index in [-0.39, 0.29) is 6.61 Å². The van der Waals surface area contributed by atoms with Crippen LogP contribution in [0.5, 0.6) is 0 Å². The third kappa shape index (κ3) is 11.2. The summed E-state index contributed by atoms with van der Waals surface area (Å²) in [6, 6.07) is 0. The van der Waals surface area contributed by atoms with Crippen molar-refractivity contribution in [2.45, 2.75) is 32.6 Å². The Hall–Kier alpha value is -0.820. The van der Waals surface area contributed by atoms with Gasteiger partial charge in [-0.15, -0.1) is 0 Å². The minimum atomic E-state index is -0.00336. The maximum Gasteiger partial charge on any atom is 0.0856 e. The first-order chi connectivity index (χ1) is 6.41. The number of hydrogen-bond donors (Lipinski definition) is 0. The first kappa shape index (κ1) is 12.2. The van der Waals surface area contributed by atoms with Crippen molar-refractivity contribution in [3.8, 4) is 0 Å². The fourth-order valence-corrected chi connectivity index (χ4v) is 0.859. The van der Waals surface area contributed by atoms with Crippen molar-refractivity contribution in [2.24, 2.45) is 0 Å². The lowest BCUT2D eigenvalue weighted by Gasteiger charge is -1.82. The molecule has 0 saturated carbocycles. The van der Waals surface area contributed by atoms with Gasteiger partial charge in [-0.2, -0.15) is 0 Å². The van der Waals surface area contributed by atoms with Crippen LogP contribution >= 0.6 is 0 Å². The fraction of sp³-hybridized carbons (Fsp3) is 0.500. The van der Waals surface area contributed by atoms with E-state index in [0.717, 1.165) is 12.8 Å². The Bertz CT molecular complexity index is 166. The smallest absolute Gasteiger partial charge is 0.0856 e. The maximum atomic E-state index is 10.1. The van der Waals surface area contributed by atoms with Crippen molar-refractivity contribution < 1.29 is 5.11 Å². The van der Waals surface area contributed by atoms with Crippen LogP contribution in [0.15, 0.2) is 36.5 Å². The predicted octanol–water partition coefficient (Wildman–Crippen LogP) is 3.67. The van der Waals surface area contributed by atoms with Gasteiger partial charge in [-0.05, 0) is 19.3 Å². The standard InChI is InChI=1S/C12H19O/c1-2-3-4-5-6-7-8-9-10-11-12-13/h4-7,9-10H,2-3,8,11-12H2,1H3. The van der Waals surface area contributed by atoms with Gasteiger partial charge in [0.25, 0.3) is 0 Å². The van der Waals surface area contributed by atoms with Gasteiger partial charge < -0.3 is 0 Å². The van der Waals surface area contributed by atoms with Crippen molar-refractivity contribution in [3.63, 3.8) is 0 Å². The van der Waals surface area contributed by atoms with E-state index in [1.807, 2.05) is 12.2 Å². The summed E-state index contributed by atoms with van der Waals surface area (Å²) in [5.41, 5.74) is 0. The van der Waals surface area contributed by atoms with E-state index >= 15 is 0 Å². The van der Waals surface area contributed by atoms with Crippen molar-refractivity contribution in [1.82, 2.24) is 0 Å². The summed E-state index contributed by atoms with van der Waals surface area (Å²) in [5.74, 6) is 0. The molecular formula is C12H19O. The fourth-order valence-electron chi connectivity index (χ4n) is 0.859. The Morgan fingerprint density at radius 3 is 2.38 bits per heavy atom. The normalized spacial score (nSPS) is 12.5. The highest BCUT2D eigenvalue weighted by Crippen LogP contribution is 1.92. The van der Waals surface area contributed by atoms with Crippen LogP contribution in [0.3, 0.4) is 0 Å². The SMILES string of the molecule is CCCC=CC=CCC=CCC[O]. The van der Waals surface area contributed by atoms with Gasteiger partial charge in [0.1, 0.15) is 0 Å². The molecule has 0 N–H and O–H groups in total. The number of unbranched alkanes of at least 4 members (excludes halogenated alkanes) is 1. The summed E-state index contributed by atoms with van der Waals surface area (Å²) in [6.45, 7) is 2.16. The van der Waals surface area contributed by atoms with Crippen molar-refractivity contribution in [3.05, 3.63) is 36.5 Å². The highest BCUT2D eigenvalue weighted by Gasteiger charge is 1.74. The molecule has 0 unspecified atom stereocenters. The van der Waals surface area contributed by atoms with Gasteiger partial charge in [0.15, 0.2) is 0 Å². The second kappa shape index (κ2) is 11.2. The van der Waals surface area contributed by atoms with E-state index in [9.17, 15) is 5.11 Å². The topological polar surface area (TPSA) is 19.9 Å². The molecule has 0 aromatic carbocycles. The van der Waals surface area contributed by atoms with Crippen molar-refractivity contribution in [1.29, 1.82) is 0 Å². The average molecular weight is 179 g/mol. The molecule has 0 rings (SSSR count). The number of rotatable bonds is 7. The van der Waals surface area contributed by atoms with E-state index in [1.165, 1.54) is 6.42 Å². The zero-order valence-electron chi connectivity index (χ0n) is 8.41. The largest absolute Gasteiger partial charge is 0.236 e. The highest BCUT2D eigenvalue weighted by molar-refractivity contribution is 5.04. The zero-order chi connectivity index (χ0) is 9.78. The monoisotopic (exact) mass is 179 g/mol. The molecule has 13 heavy (non-hydrogen) atoms. The molecule has 0 aliphatic heterocycles.